The van der Waals surface area contributed by atoms with Crippen molar-refractivity contribution in [2.75, 3.05) is 6.61 Å². The van der Waals surface area contributed by atoms with E-state index in [4.69, 9.17) is 4.74 Å². The molecule has 0 radical (unpaired) electrons. The molecule has 0 bridgehead atoms. The maximum Gasteiger partial charge on any atom is 0.167 e. The number of aromatic nitrogens is 2. The molecule has 0 spiro atoms. The van der Waals surface area contributed by atoms with Crippen molar-refractivity contribution in [1.29, 1.82) is 0 Å². The smallest absolute Gasteiger partial charge is 0.167 e. The van der Waals surface area contributed by atoms with Gasteiger partial charge in [-0.15, -0.1) is 0 Å². The van der Waals surface area contributed by atoms with Gasteiger partial charge in [-0.2, -0.15) is 5.10 Å². The van der Waals surface area contributed by atoms with E-state index in [1.807, 2.05) is 32.0 Å². The van der Waals surface area contributed by atoms with Gasteiger partial charge in [-0.1, -0.05) is 19.1 Å². The van der Waals surface area contributed by atoms with Gasteiger partial charge in [-0.05, 0) is 54.8 Å². The summed E-state index contributed by atoms with van der Waals surface area (Å²) in [6.07, 6.45) is 1.50. The van der Waals surface area contributed by atoms with Crippen molar-refractivity contribution in [3.63, 3.8) is 0 Å². The molecule has 134 valence electrons. The number of hydrogen-bond acceptors (Lipinski definition) is 3. The van der Waals surface area contributed by atoms with Gasteiger partial charge < -0.3 is 4.74 Å². The molecule has 1 aromatic heterocycles. The van der Waals surface area contributed by atoms with E-state index in [0.717, 1.165) is 22.2 Å². The molecule has 0 saturated heterocycles. The zero-order chi connectivity index (χ0) is 18.5. The van der Waals surface area contributed by atoms with Gasteiger partial charge >= 0.3 is 0 Å². The summed E-state index contributed by atoms with van der Waals surface area (Å²) in [6.45, 7) is 4.05. The monoisotopic (exact) mass is 352 g/mol. The van der Waals surface area contributed by atoms with E-state index in [2.05, 4.69) is 10.2 Å². The van der Waals surface area contributed by atoms with Gasteiger partial charge in [-0.3, -0.25) is 9.89 Å². The largest absolute Gasteiger partial charge is 0.489 e. The van der Waals surface area contributed by atoms with Crippen LogP contribution in [-0.4, -0.2) is 22.6 Å². The molecule has 0 aliphatic rings. The Labute approximate surface area is 151 Å². The topological polar surface area (TPSA) is 55.0 Å². The van der Waals surface area contributed by atoms with Crippen LogP contribution in [0.4, 0.5) is 4.39 Å². The Hall–Kier alpha value is -2.95. The number of carbonyl (C=O) groups excluding carboxylic acids is 1. The van der Waals surface area contributed by atoms with Crippen molar-refractivity contribution in [3.8, 4) is 5.75 Å². The number of benzene rings is 2. The summed E-state index contributed by atoms with van der Waals surface area (Å²) in [5.74, 6) is 0.642. The van der Waals surface area contributed by atoms with Crippen LogP contribution in [0.3, 0.4) is 0 Å². The van der Waals surface area contributed by atoms with Crippen molar-refractivity contribution >= 4 is 16.7 Å². The van der Waals surface area contributed by atoms with Crippen LogP contribution in [0.25, 0.3) is 10.9 Å². The number of Topliss-reactive ketones (excluding diaryl/α,β-unsaturated/α-hetero) is 1. The number of nitrogens with one attached hydrogen (secondary N) is 1. The third-order valence-electron chi connectivity index (χ3n) is 4.38. The zero-order valence-corrected chi connectivity index (χ0v) is 14.9. The number of ether oxygens (including phenoxy) is 1. The molecule has 2 aromatic carbocycles. The second-order valence-electron chi connectivity index (χ2n) is 6.23. The number of nitrogens with zero attached hydrogens (tertiary/aromatic N) is 1. The molecule has 1 N–H and O–H groups in total. The predicted octanol–water partition coefficient (Wildman–Crippen LogP) is 4.94. The van der Waals surface area contributed by atoms with Gasteiger partial charge in [0, 0.05) is 23.1 Å². The van der Waals surface area contributed by atoms with Crippen LogP contribution in [0.1, 0.15) is 35.0 Å². The summed E-state index contributed by atoms with van der Waals surface area (Å²) in [5, 5.41) is 8.25. The van der Waals surface area contributed by atoms with Gasteiger partial charge in [0.05, 0.1) is 11.8 Å². The summed E-state index contributed by atoms with van der Waals surface area (Å²) in [6, 6.07) is 12.8. The summed E-state index contributed by atoms with van der Waals surface area (Å²) < 4.78 is 18.1. The third-order valence-corrected chi connectivity index (χ3v) is 4.38. The molecule has 5 heteroatoms. The van der Waals surface area contributed by atoms with E-state index < -0.39 is 0 Å². The number of fused-ring (bicyclic) bond motifs is 1. The highest BCUT2D eigenvalue weighted by molar-refractivity contribution is 5.98. The Morgan fingerprint density at radius 1 is 1.23 bits per heavy atom. The second kappa shape index (κ2) is 7.95. The van der Waals surface area contributed by atoms with E-state index >= 15 is 0 Å². The fourth-order valence-electron chi connectivity index (χ4n) is 2.71. The molecule has 0 unspecified atom stereocenters. The van der Waals surface area contributed by atoms with Crippen LogP contribution in [0.5, 0.6) is 5.75 Å². The Bertz CT molecular complexity index is 942. The molecule has 3 aromatic rings. The first-order valence-electron chi connectivity index (χ1n) is 8.58. The summed E-state index contributed by atoms with van der Waals surface area (Å²) in [5.41, 5.74) is 4.02. The van der Waals surface area contributed by atoms with Gasteiger partial charge in [0.1, 0.15) is 12.4 Å². The number of halogens is 1. The molecule has 0 atom stereocenters. The van der Waals surface area contributed by atoms with Gasteiger partial charge in [-0.25, -0.2) is 4.39 Å². The molecule has 0 aliphatic heterocycles. The Morgan fingerprint density at radius 3 is 2.69 bits per heavy atom. The standard InChI is InChI=1S/C21H21FN2O2/c1-3-15(12-22)13-26-18-7-5-17(6-8-18)21(25)11-16-4-9-19-14(2)23-24-20(19)10-16/h4-10,12H,3,11,13H2,1-2H3,(H,23,24). The van der Waals surface area contributed by atoms with Crippen LogP contribution in [0.15, 0.2) is 54.4 Å². The molecule has 0 fully saturated rings. The van der Waals surface area contributed by atoms with E-state index in [-0.39, 0.29) is 12.4 Å². The molecular weight excluding hydrogens is 331 g/mol. The number of carbonyl (C=O) groups is 1. The first-order chi connectivity index (χ1) is 12.6. The normalized spacial score (nSPS) is 11.7. The fourth-order valence-corrected chi connectivity index (χ4v) is 2.71. The molecule has 1 heterocycles. The minimum absolute atomic E-state index is 0.0288. The van der Waals surface area contributed by atoms with Crippen LogP contribution < -0.4 is 4.74 Å². The minimum Gasteiger partial charge on any atom is -0.489 e. The first-order valence-corrected chi connectivity index (χ1v) is 8.58. The van der Waals surface area contributed by atoms with E-state index in [0.29, 0.717) is 36.1 Å². The average molecular weight is 352 g/mol. The summed E-state index contributed by atoms with van der Waals surface area (Å²) >= 11 is 0. The van der Waals surface area contributed by atoms with Gasteiger partial charge in [0.15, 0.2) is 5.78 Å². The number of aryl methyl sites for hydroxylation is 1. The number of hydrogen-bond donors (Lipinski definition) is 1. The Morgan fingerprint density at radius 2 is 2.00 bits per heavy atom. The average Bonchev–Trinajstić information content (AvgIpc) is 3.03. The van der Waals surface area contributed by atoms with Crippen LogP contribution >= 0.6 is 0 Å². The lowest BCUT2D eigenvalue weighted by Gasteiger charge is -2.08. The summed E-state index contributed by atoms with van der Waals surface area (Å²) in [7, 11) is 0. The highest BCUT2D eigenvalue weighted by Gasteiger charge is 2.09. The molecule has 3 rings (SSSR count). The van der Waals surface area contributed by atoms with Gasteiger partial charge in [0.25, 0.3) is 0 Å². The minimum atomic E-state index is 0.0288. The molecule has 0 amide bonds. The lowest BCUT2D eigenvalue weighted by Crippen LogP contribution is -2.04. The van der Waals surface area contributed by atoms with E-state index in [9.17, 15) is 9.18 Å². The lowest BCUT2D eigenvalue weighted by atomic mass is 10.0. The predicted molar refractivity (Wildman–Crippen MR) is 100 cm³/mol. The maximum atomic E-state index is 12.5. The maximum absolute atomic E-state index is 12.5. The Kier molecular flexibility index (Phi) is 5.46. The summed E-state index contributed by atoms with van der Waals surface area (Å²) in [4.78, 5) is 12.5. The second-order valence-corrected chi connectivity index (χ2v) is 6.23. The first kappa shape index (κ1) is 17.9. The van der Waals surface area contributed by atoms with E-state index in [1.54, 1.807) is 24.3 Å². The van der Waals surface area contributed by atoms with Crippen molar-refractivity contribution in [2.45, 2.75) is 26.7 Å². The highest BCUT2D eigenvalue weighted by atomic mass is 19.1. The number of ketones is 1. The van der Waals surface area contributed by atoms with Crippen molar-refractivity contribution < 1.29 is 13.9 Å². The number of aromatic amines is 1. The highest BCUT2D eigenvalue weighted by Crippen LogP contribution is 2.19. The number of H-pyrrole nitrogens is 1. The van der Waals surface area contributed by atoms with Crippen molar-refractivity contribution in [3.05, 3.63) is 71.2 Å². The van der Waals surface area contributed by atoms with Crippen LogP contribution in [0, 0.1) is 6.92 Å². The quantitative estimate of drug-likeness (QED) is 0.613. The van der Waals surface area contributed by atoms with E-state index in [1.165, 1.54) is 0 Å². The van der Waals surface area contributed by atoms with Gasteiger partial charge in [0.2, 0.25) is 0 Å². The Balaban J connectivity index is 1.65. The van der Waals surface area contributed by atoms with Crippen molar-refractivity contribution in [1.82, 2.24) is 10.2 Å². The number of rotatable bonds is 7. The molecule has 4 nitrogen and oxygen atoms in total. The van der Waals surface area contributed by atoms with Crippen LogP contribution in [-0.2, 0) is 6.42 Å². The fraction of sp³-hybridized carbons (Fsp3) is 0.238. The molecule has 0 aliphatic carbocycles. The SMILES string of the molecule is CCC(=CF)COc1ccc(C(=O)Cc2ccc3c(C)[nH]nc3c2)cc1. The van der Waals surface area contributed by atoms with Crippen LogP contribution in [0.2, 0.25) is 0 Å². The molecule has 26 heavy (non-hydrogen) atoms. The molecule has 0 saturated carbocycles. The third kappa shape index (κ3) is 3.99. The van der Waals surface area contributed by atoms with Crippen molar-refractivity contribution in [2.24, 2.45) is 0 Å². The molecular formula is C21H21FN2O2. The lowest BCUT2D eigenvalue weighted by molar-refractivity contribution is 0.0993. The zero-order valence-electron chi connectivity index (χ0n) is 14.9.